The van der Waals surface area contributed by atoms with Crippen LogP contribution in [0.3, 0.4) is 0 Å². The average molecular weight is 389 g/mol. The third-order valence-electron chi connectivity index (χ3n) is 4.72. The molecule has 1 heterocycles. The van der Waals surface area contributed by atoms with Gasteiger partial charge in [0.2, 0.25) is 5.91 Å². The number of amides is 2. The fourth-order valence-corrected chi connectivity index (χ4v) is 3.70. The fourth-order valence-electron chi connectivity index (χ4n) is 3.51. The van der Waals surface area contributed by atoms with Gasteiger partial charge in [-0.3, -0.25) is 9.59 Å². The molecule has 1 saturated heterocycles. The Morgan fingerprint density at radius 1 is 1.15 bits per heavy atom. The van der Waals surface area contributed by atoms with Gasteiger partial charge >= 0.3 is 0 Å². The van der Waals surface area contributed by atoms with Gasteiger partial charge in [0, 0.05) is 35.6 Å². The average Bonchev–Trinajstić information content (AvgIpc) is 3.06. The third kappa shape index (κ3) is 4.48. The Morgan fingerprint density at radius 2 is 1.89 bits per heavy atom. The summed E-state index contributed by atoms with van der Waals surface area (Å²) in [5, 5.41) is 3.40. The molecule has 0 unspecified atom stereocenters. The van der Waals surface area contributed by atoms with E-state index < -0.39 is 5.92 Å². The Morgan fingerprint density at radius 3 is 2.56 bits per heavy atom. The number of rotatable bonds is 4. The lowest BCUT2D eigenvalue weighted by Crippen LogP contribution is -2.39. The molecule has 2 atom stereocenters. The van der Waals surface area contributed by atoms with Crippen LogP contribution in [0.4, 0.5) is 4.39 Å². The van der Waals surface area contributed by atoms with Crippen LogP contribution in [-0.4, -0.2) is 35.8 Å². The van der Waals surface area contributed by atoms with Gasteiger partial charge in [-0.15, -0.1) is 0 Å². The normalized spacial score (nSPS) is 19.4. The van der Waals surface area contributed by atoms with Gasteiger partial charge in [0.15, 0.2) is 0 Å². The molecule has 2 amide bonds. The summed E-state index contributed by atoms with van der Waals surface area (Å²) < 4.78 is 13.7. The highest BCUT2D eigenvalue weighted by molar-refractivity contribution is 6.30. The van der Waals surface area contributed by atoms with Gasteiger partial charge < -0.3 is 10.2 Å². The number of likely N-dealkylation sites (tertiary alicyclic amines) is 1. The molecule has 2 aromatic carbocycles. The van der Waals surface area contributed by atoms with Crippen molar-refractivity contribution in [2.75, 3.05) is 13.1 Å². The van der Waals surface area contributed by atoms with E-state index in [1.54, 1.807) is 41.3 Å². The molecule has 1 aliphatic rings. The SMILES string of the molecule is CC(C)NC(=O)[C@H]1CN(C(=O)c2cccc(Cl)c2)C[C@H]1c1cccc(F)c1. The van der Waals surface area contributed by atoms with Gasteiger partial charge in [-0.2, -0.15) is 0 Å². The molecule has 1 fully saturated rings. The zero-order chi connectivity index (χ0) is 19.6. The molecule has 27 heavy (non-hydrogen) atoms. The first-order valence-electron chi connectivity index (χ1n) is 8.96. The van der Waals surface area contributed by atoms with Crippen molar-refractivity contribution in [3.8, 4) is 0 Å². The zero-order valence-corrected chi connectivity index (χ0v) is 16.0. The number of nitrogens with one attached hydrogen (secondary N) is 1. The maximum absolute atomic E-state index is 13.7. The van der Waals surface area contributed by atoms with Crippen molar-refractivity contribution in [3.05, 3.63) is 70.5 Å². The summed E-state index contributed by atoms with van der Waals surface area (Å²) in [6, 6.07) is 13.0. The standard InChI is InChI=1S/C21H22ClFN2O2/c1-13(2)24-20(26)19-12-25(21(27)15-6-3-7-16(22)9-15)11-18(19)14-5-4-8-17(23)10-14/h3-10,13,18-19H,11-12H2,1-2H3,(H,24,26)/t18-,19-/m0/s1. The lowest BCUT2D eigenvalue weighted by atomic mass is 9.88. The summed E-state index contributed by atoms with van der Waals surface area (Å²) in [6.07, 6.45) is 0. The second kappa shape index (κ2) is 8.09. The van der Waals surface area contributed by atoms with Gasteiger partial charge in [-0.25, -0.2) is 4.39 Å². The molecular weight excluding hydrogens is 367 g/mol. The van der Waals surface area contributed by atoms with Crippen LogP contribution in [0.1, 0.15) is 35.7 Å². The maximum atomic E-state index is 13.7. The molecule has 1 aliphatic heterocycles. The first kappa shape index (κ1) is 19.4. The quantitative estimate of drug-likeness (QED) is 0.864. The number of carbonyl (C=O) groups excluding carboxylic acids is 2. The Kier molecular flexibility index (Phi) is 5.80. The molecule has 6 heteroatoms. The Labute approximate surface area is 163 Å². The molecule has 2 aromatic rings. The molecule has 0 aliphatic carbocycles. The highest BCUT2D eigenvalue weighted by Gasteiger charge is 2.40. The van der Waals surface area contributed by atoms with Crippen LogP contribution in [0.25, 0.3) is 0 Å². The van der Waals surface area contributed by atoms with E-state index in [0.29, 0.717) is 17.1 Å². The van der Waals surface area contributed by atoms with Crippen molar-refractivity contribution in [2.24, 2.45) is 5.92 Å². The van der Waals surface area contributed by atoms with E-state index in [1.165, 1.54) is 12.1 Å². The summed E-state index contributed by atoms with van der Waals surface area (Å²) in [6.45, 7) is 4.41. The van der Waals surface area contributed by atoms with E-state index in [-0.39, 0.29) is 36.1 Å². The first-order chi connectivity index (χ1) is 12.8. The van der Waals surface area contributed by atoms with Crippen molar-refractivity contribution < 1.29 is 14.0 Å². The zero-order valence-electron chi connectivity index (χ0n) is 15.3. The Bertz CT molecular complexity index is 856. The second-order valence-electron chi connectivity index (χ2n) is 7.15. The van der Waals surface area contributed by atoms with E-state index in [1.807, 2.05) is 13.8 Å². The highest BCUT2D eigenvalue weighted by Crippen LogP contribution is 2.34. The van der Waals surface area contributed by atoms with Crippen LogP contribution in [0.2, 0.25) is 5.02 Å². The van der Waals surface area contributed by atoms with Gasteiger partial charge in [-0.05, 0) is 49.7 Å². The molecule has 0 radical (unpaired) electrons. The smallest absolute Gasteiger partial charge is 0.253 e. The van der Waals surface area contributed by atoms with Crippen molar-refractivity contribution in [1.82, 2.24) is 10.2 Å². The number of halogens is 2. The number of hydrogen-bond acceptors (Lipinski definition) is 2. The van der Waals surface area contributed by atoms with E-state index in [2.05, 4.69) is 5.32 Å². The molecule has 0 bridgehead atoms. The van der Waals surface area contributed by atoms with Gasteiger partial charge in [0.1, 0.15) is 5.82 Å². The Hall–Kier alpha value is -2.40. The van der Waals surface area contributed by atoms with Crippen molar-refractivity contribution >= 4 is 23.4 Å². The van der Waals surface area contributed by atoms with Gasteiger partial charge in [0.05, 0.1) is 5.92 Å². The van der Waals surface area contributed by atoms with E-state index in [0.717, 1.165) is 5.56 Å². The summed E-state index contributed by atoms with van der Waals surface area (Å²) in [7, 11) is 0. The fraction of sp³-hybridized carbons (Fsp3) is 0.333. The topological polar surface area (TPSA) is 49.4 Å². The van der Waals surface area contributed by atoms with Crippen LogP contribution in [0.15, 0.2) is 48.5 Å². The lowest BCUT2D eigenvalue weighted by molar-refractivity contribution is -0.125. The van der Waals surface area contributed by atoms with Crippen LogP contribution in [0.5, 0.6) is 0 Å². The largest absolute Gasteiger partial charge is 0.354 e. The van der Waals surface area contributed by atoms with Crippen LogP contribution in [-0.2, 0) is 4.79 Å². The number of carbonyl (C=O) groups is 2. The summed E-state index contributed by atoms with van der Waals surface area (Å²) >= 11 is 6.00. The number of hydrogen-bond donors (Lipinski definition) is 1. The van der Waals surface area contributed by atoms with Crippen LogP contribution >= 0.6 is 11.6 Å². The molecule has 142 valence electrons. The Balaban J connectivity index is 1.88. The number of nitrogens with zero attached hydrogens (tertiary/aromatic N) is 1. The third-order valence-corrected chi connectivity index (χ3v) is 4.96. The predicted octanol–water partition coefficient (Wildman–Crippen LogP) is 3.86. The monoisotopic (exact) mass is 388 g/mol. The van der Waals surface area contributed by atoms with Crippen LogP contribution in [0, 0.1) is 11.7 Å². The summed E-state index contributed by atoms with van der Waals surface area (Å²) in [5.41, 5.74) is 1.20. The minimum atomic E-state index is -0.433. The van der Waals surface area contributed by atoms with Gasteiger partial charge in [0.25, 0.3) is 5.91 Å². The lowest BCUT2D eigenvalue weighted by Gasteiger charge is -2.19. The van der Waals surface area contributed by atoms with Crippen LogP contribution < -0.4 is 5.32 Å². The van der Waals surface area contributed by atoms with Crippen molar-refractivity contribution in [1.29, 1.82) is 0 Å². The predicted molar refractivity (Wildman–Crippen MR) is 103 cm³/mol. The number of benzene rings is 2. The summed E-state index contributed by atoms with van der Waals surface area (Å²) in [5.74, 6) is -1.35. The molecular formula is C21H22ClFN2O2. The molecule has 4 nitrogen and oxygen atoms in total. The molecule has 1 N–H and O–H groups in total. The first-order valence-corrected chi connectivity index (χ1v) is 9.33. The van der Waals surface area contributed by atoms with Gasteiger partial charge in [-0.1, -0.05) is 29.8 Å². The minimum absolute atomic E-state index is 0.0108. The van der Waals surface area contributed by atoms with Crippen molar-refractivity contribution in [3.63, 3.8) is 0 Å². The highest BCUT2D eigenvalue weighted by atomic mass is 35.5. The van der Waals surface area contributed by atoms with E-state index in [4.69, 9.17) is 11.6 Å². The molecule has 0 spiro atoms. The molecule has 3 rings (SSSR count). The maximum Gasteiger partial charge on any atom is 0.253 e. The van der Waals surface area contributed by atoms with E-state index >= 15 is 0 Å². The minimum Gasteiger partial charge on any atom is -0.354 e. The molecule has 0 aromatic heterocycles. The second-order valence-corrected chi connectivity index (χ2v) is 7.59. The summed E-state index contributed by atoms with van der Waals surface area (Å²) in [4.78, 5) is 27.3. The van der Waals surface area contributed by atoms with Crippen molar-refractivity contribution in [2.45, 2.75) is 25.8 Å². The molecule has 0 saturated carbocycles. The van der Waals surface area contributed by atoms with E-state index in [9.17, 15) is 14.0 Å².